The van der Waals surface area contributed by atoms with E-state index in [1.165, 1.54) is 40.5 Å². The van der Waals surface area contributed by atoms with Crippen LogP contribution in [0.25, 0.3) is 10.4 Å². The monoisotopic (exact) mass is 502 g/mol. The zero-order chi connectivity index (χ0) is 24.3. The number of carbonyl (C=O) groups is 2. The first-order valence-electron chi connectivity index (χ1n) is 10.5. The topological polar surface area (TPSA) is 127 Å². The number of hydrogen-bond acceptors (Lipinski definition) is 8. The van der Waals surface area contributed by atoms with Crippen LogP contribution >= 0.6 is 22.9 Å². The van der Waals surface area contributed by atoms with Crippen molar-refractivity contribution in [3.05, 3.63) is 68.2 Å². The minimum absolute atomic E-state index is 0.0647. The van der Waals surface area contributed by atoms with Crippen molar-refractivity contribution in [3.63, 3.8) is 0 Å². The predicted molar refractivity (Wildman–Crippen MR) is 123 cm³/mol. The molecule has 0 radical (unpaired) electrons. The Kier molecular flexibility index (Phi) is 5.42. The Morgan fingerprint density at radius 2 is 2.09 bits per heavy atom. The third-order valence-electron chi connectivity index (χ3n) is 6.32. The first kappa shape index (κ1) is 22.5. The molecule has 10 nitrogen and oxygen atoms in total. The van der Waals surface area contributed by atoms with Crippen LogP contribution in [0.2, 0.25) is 5.15 Å². The molecule has 1 N–H and O–H groups in total. The normalized spacial score (nSPS) is 22.6. The van der Waals surface area contributed by atoms with Crippen molar-refractivity contribution in [3.8, 4) is 0 Å². The van der Waals surface area contributed by atoms with Crippen molar-refractivity contribution < 1.29 is 24.4 Å². The van der Waals surface area contributed by atoms with E-state index in [4.69, 9.17) is 16.3 Å². The molecule has 2 aliphatic rings. The number of benzene rings is 1. The van der Waals surface area contributed by atoms with E-state index in [0.717, 1.165) is 4.88 Å². The lowest BCUT2D eigenvalue weighted by Gasteiger charge is -2.46. The Labute approximate surface area is 202 Å². The number of rotatable bonds is 6. The van der Waals surface area contributed by atoms with Crippen molar-refractivity contribution in [2.45, 2.75) is 32.6 Å². The molecule has 176 valence electrons. The van der Waals surface area contributed by atoms with Crippen LogP contribution in [0.1, 0.15) is 24.3 Å². The summed E-state index contributed by atoms with van der Waals surface area (Å²) in [5.41, 5.74) is 1.31. The SMILES string of the molecule is C[C@@H](O)[C@H]1C(=O)N2C(C(=O)OCc3ccc([N+](=O)[O-])cc3)=C(c3cn4cnc(Cl)c4s3)[C@H](C)[C@H]12. The van der Waals surface area contributed by atoms with Crippen molar-refractivity contribution in [1.29, 1.82) is 0 Å². The summed E-state index contributed by atoms with van der Waals surface area (Å²) in [6.45, 7) is 3.37. The number of β-lactam (4-membered cyclic amide) rings is 1. The summed E-state index contributed by atoms with van der Waals surface area (Å²) in [5.74, 6) is -1.84. The number of esters is 1. The molecular formula is C22H19ClN4O6S. The molecule has 0 aliphatic carbocycles. The number of nitro groups is 1. The van der Waals surface area contributed by atoms with Crippen molar-refractivity contribution in [2.75, 3.05) is 0 Å². The molecule has 1 aromatic carbocycles. The molecule has 1 fully saturated rings. The number of imidazole rings is 1. The molecule has 0 spiro atoms. The van der Waals surface area contributed by atoms with E-state index in [1.807, 2.05) is 13.1 Å². The number of amides is 1. The zero-order valence-corrected chi connectivity index (χ0v) is 19.6. The summed E-state index contributed by atoms with van der Waals surface area (Å²) in [6.07, 6.45) is 2.52. The number of nitro benzene ring substituents is 1. The molecule has 3 aromatic rings. The van der Waals surface area contributed by atoms with Crippen LogP contribution in [0.5, 0.6) is 0 Å². The van der Waals surface area contributed by atoms with Crippen LogP contribution in [0.15, 0.2) is 42.5 Å². The van der Waals surface area contributed by atoms with Crippen LogP contribution in [0, 0.1) is 22.0 Å². The smallest absolute Gasteiger partial charge is 0.355 e. The third-order valence-corrected chi connectivity index (χ3v) is 7.85. The number of hydrogen-bond donors (Lipinski definition) is 1. The second-order valence-electron chi connectivity index (χ2n) is 8.36. The molecule has 0 saturated carbocycles. The summed E-state index contributed by atoms with van der Waals surface area (Å²) in [5, 5.41) is 21.3. The van der Waals surface area contributed by atoms with Crippen LogP contribution in [-0.4, -0.2) is 48.3 Å². The van der Waals surface area contributed by atoms with E-state index in [-0.39, 0.29) is 35.9 Å². The zero-order valence-electron chi connectivity index (χ0n) is 18.0. The number of halogens is 1. The first-order chi connectivity index (χ1) is 16.2. The highest BCUT2D eigenvalue weighted by Gasteiger charge is 2.60. The Bertz CT molecular complexity index is 1360. The van der Waals surface area contributed by atoms with Gasteiger partial charge in [-0.05, 0) is 24.6 Å². The standard InChI is InChI=1S/C22H19ClN4O6S/c1-10-15(14-7-25-9-24-19(23)21(25)34-14)18(26-17(10)16(11(2)28)20(26)29)22(30)33-8-12-3-5-13(6-4-12)27(31)32/h3-7,9-11,16-17,28H,8H2,1-2H3/t10-,11+,16+,17+/m0/s1. The third kappa shape index (κ3) is 3.39. The van der Waals surface area contributed by atoms with Gasteiger partial charge in [0.1, 0.15) is 23.5 Å². The number of fused-ring (bicyclic) bond motifs is 2. The van der Waals surface area contributed by atoms with Gasteiger partial charge in [0.25, 0.3) is 5.69 Å². The number of thiazole rings is 1. The van der Waals surface area contributed by atoms with Crippen molar-refractivity contribution >= 4 is 50.9 Å². The van der Waals surface area contributed by atoms with Gasteiger partial charge in [-0.25, -0.2) is 9.78 Å². The molecule has 1 saturated heterocycles. The van der Waals surface area contributed by atoms with Gasteiger partial charge in [-0.1, -0.05) is 18.5 Å². The maximum atomic E-state index is 13.3. The summed E-state index contributed by atoms with van der Waals surface area (Å²) >= 11 is 7.52. The van der Waals surface area contributed by atoms with E-state index < -0.39 is 22.9 Å². The summed E-state index contributed by atoms with van der Waals surface area (Å²) in [6, 6.07) is 5.33. The molecule has 0 unspecified atom stereocenters. The van der Waals surface area contributed by atoms with Gasteiger partial charge in [0, 0.05) is 29.8 Å². The average molecular weight is 503 g/mol. The van der Waals surface area contributed by atoms with E-state index in [9.17, 15) is 24.8 Å². The lowest BCUT2D eigenvalue weighted by atomic mass is 9.77. The van der Waals surface area contributed by atoms with Crippen LogP contribution in [0.3, 0.4) is 0 Å². The molecule has 12 heteroatoms. The quantitative estimate of drug-likeness (QED) is 0.237. The number of aliphatic hydroxyl groups excluding tert-OH is 1. The van der Waals surface area contributed by atoms with Gasteiger partial charge in [-0.2, -0.15) is 0 Å². The van der Waals surface area contributed by atoms with Gasteiger partial charge in [-0.3, -0.25) is 19.3 Å². The molecule has 34 heavy (non-hydrogen) atoms. The van der Waals surface area contributed by atoms with Crippen molar-refractivity contribution in [1.82, 2.24) is 14.3 Å². The van der Waals surface area contributed by atoms with Crippen LogP contribution in [0.4, 0.5) is 5.69 Å². The highest BCUT2D eigenvalue weighted by Crippen LogP contribution is 2.52. The Morgan fingerprint density at radius 1 is 1.38 bits per heavy atom. The number of nitrogens with zero attached hydrogens (tertiary/aromatic N) is 4. The summed E-state index contributed by atoms with van der Waals surface area (Å²) in [7, 11) is 0. The molecule has 2 aliphatic heterocycles. The second-order valence-corrected chi connectivity index (χ2v) is 9.75. The fraction of sp³-hybridized carbons (Fsp3) is 0.318. The van der Waals surface area contributed by atoms with Gasteiger partial charge in [0.2, 0.25) is 5.91 Å². The summed E-state index contributed by atoms with van der Waals surface area (Å²) < 4.78 is 7.28. The largest absolute Gasteiger partial charge is 0.456 e. The first-order valence-corrected chi connectivity index (χ1v) is 11.7. The maximum absolute atomic E-state index is 13.3. The number of carbonyl (C=O) groups excluding carboxylic acids is 2. The molecule has 0 bridgehead atoms. The number of non-ortho nitro benzene ring substituents is 1. The van der Waals surface area contributed by atoms with Gasteiger partial charge in [-0.15, -0.1) is 11.3 Å². The number of aromatic nitrogens is 2. The van der Waals surface area contributed by atoms with Gasteiger partial charge >= 0.3 is 5.97 Å². The minimum Gasteiger partial charge on any atom is -0.456 e. The number of aliphatic hydroxyl groups is 1. The van der Waals surface area contributed by atoms with E-state index in [1.54, 1.807) is 17.7 Å². The van der Waals surface area contributed by atoms with E-state index >= 15 is 0 Å². The molecule has 1 amide bonds. The fourth-order valence-electron chi connectivity index (χ4n) is 4.71. The van der Waals surface area contributed by atoms with Gasteiger partial charge < -0.3 is 14.7 Å². The lowest BCUT2D eigenvalue weighted by Crippen LogP contribution is -2.63. The number of ether oxygens (including phenoxy) is 1. The van der Waals surface area contributed by atoms with Gasteiger partial charge in [0.15, 0.2) is 5.15 Å². The van der Waals surface area contributed by atoms with Crippen LogP contribution in [-0.2, 0) is 20.9 Å². The average Bonchev–Trinajstić information content (AvgIpc) is 3.43. The highest BCUT2D eigenvalue weighted by molar-refractivity contribution is 7.19. The van der Waals surface area contributed by atoms with E-state index in [0.29, 0.717) is 21.1 Å². The molecule has 4 heterocycles. The summed E-state index contributed by atoms with van der Waals surface area (Å²) in [4.78, 5) is 43.4. The van der Waals surface area contributed by atoms with Crippen LogP contribution < -0.4 is 0 Å². The minimum atomic E-state index is -0.856. The van der Waals surface area contributed by atoms with Crippen molar-refractivity contribution in [2.24, 2.45) is 11.8 Å². The van der Waals surface area contributed by atoms with E-state index in [2.05, 4.69) is 4.98 Å². The Morgan fingerprint density at radius 3 is 2.71 bits per heavy atom. The highest BCUT2D eigenvalue weighted by atomic mass is 35.5. The van der Waals surface area contributed by atoms with Gasteiger partial charge in [0.05, 0.1) is 27.9 Å². The molecular weight excluding hydrogens is 484 g/mol. The second kappa shape index (κ2) is 8.19. The molecule has 4 atom stereocenters. The Balaban J connectivity index is 1.49. The lowest BCUT2D eigenvalue weighted by molar-refractivity contribution is -0.384. The molecule has 2 aromatic heterocycles. The molecule has 5 rings (SSSR count). The fourth-order valence-corrected chi connectivity index (χ4v) is 6.08. The predicted octanol–water partition coefficient (Wildman–Crippen LogP) is 3.27. The maximum Gasteiger partial charge on any atom is 0.355 e. The Hall–Kier alpha value is -3.28.